The highest BCUT2D eigenvalue weighted by atomic mass is 16.5. The molecule has 0 bridgehead atoms. The molecule has 0 unspecified atom stereocenters. The highest BCUT2D eigenvalue weighted by molar-refractivity contribution is 6.15. The van der Waals surface area contributed by atoms with E-state index in [-0.39, 0.29) is 18.4 Å². The van der Waals surface area contributed by atoms with E-state index in [2.05, 4.69) is 10.1 Å². The minimum Gasteiger partial charge on any atom is -0.476 e. The number of aryl methyl sites for hydroxylation is 1. The first-order valence-electron chi connectivity index (χ1n) is 10.5. The summed E-state index contributed by atoms with van der Waals surface area (Å²) < 4.78 is 11.4. The van der Waals surface area contributed by atoms with Gasteiger partial charge in [-0.15, -0.1) is 0 Å². The Morgan fingerprint density at radius 2 is 1.79 bits per heavy atom. The third kappa shape index (κ3) is 3.59. The molecule has 33 heavy (non-hydrogen) atoms. The second-order valence-electron chi connectivity index (χ2n) is 8.09. The molecule has 0 radical (unpaired) electrons. The molecule has 3 heterocycles. The average molecular weight is 442 g/mol. The van der Waals surface area contributed by atoms with E-state index < -0.39 is 6.10 Å². The number of anilines is 1. The second-order valence-corrected chi connectivity index (χ2v) is 8.09. The van der Waals surface area contributed by atoms with Gasteiger partial charge in [0.1, 0.15) is 5.75 Å². The van der Waals surface area contributed by atoms with Gasteiger partial charge in [0.05, 0.1) is 34.6 Å². The summed E-state index contributed by atoms with van der Waals surface area (Å²) in [6.07, 6.45) is -0.812. The molecule has 5 rings (SSSR count). The maximum Gasteiger partial charge on any atom is 0.265 e. The molecule has 8 nitrogen and oxygen atoms in total. The van der Waals surface area contributed by atoms with E-state index >= 15 is 0 Å². The highest BCUT2D eigenvalue weighted by Gasteiger charge is 2.36. The third-order valence-electron chi connectivity index (χ3n) is 5.65. The van der Waals surface area contributed by atoms with Crippen LogP contribution in [0.25, 0.3) is 22.4 Å². The van der Waals surface area contributed by atoms with E-state index in [4.69, 9.17) is 9.26 Å². The largest absolute Gasteiger partial charge is 0.476 e. The molecule has 2 amide bonds. The molecule has 0 saturated carbocycles. The van der Waals surface area contributed by atoms with Crippen LogP contribution in [0.5, 0.6) is 5.75 Å². The molecular formula is C25H22N4O4. The molecule has 4 aromatic rings. The zero-order valence-electron chi connectivity index (χ0n) is 18.5. The van der Waals surface area contributed by atoms with Crippen molar-refractivity contribution in [1.29, 1.82) is 0 Å². The van der Waals surface area contributed by atoms with Gasteiger partial charge in [-0.3, -0.25) is 9.59 Å². The summed E-state index contributed by atoms with van der Waals surface area (Å²) >= 11 is 0. The second kappa shape index (κ2) is 8.05. The van der Waals surface area contributed by atoms with Gasteiger partial charge in [-0.05, 0) is 25.1 Å². The fourth-order valence-corrected chi connectivity index (χ4v) is 4.01. The van der Waals surface area contributed by atoms with E-state index in [1.165, 1.54) is 4.90 Å². The van der Waals surface area contributed by atoms with Gasteiger partial charge >= 0.3 is 0 Å². The van der Waals surface area contributed by atoms with Crippen molar-refractivity contribution in [2.24, 2.45) is 0 Å². The highest BCUT2D eigenvalue weighted by Crippen LogP contribution is 2.36. The number of nitrogens with zero attached hydrogens (tertiary/aromatic N) is 4. The molecule has 1 aliphatic rings. The van der Waals surface area contributed by atoms with Gasteiger partial charge < -0.3 is 19.1 Å². The Balaban J connectivity index is 1.65. The standard InChI is InChI=1S/C25H22N4O4/c1-15-22-17(13-18(26-23(22)33-27-15)16-9-5-4-6-10-16)24(30)29-14-21(25(31)28(2)3)32-20-12-8-7-11-19(20)29/h4-13,21H,14H2,1-3H3/t21-/m1/s1. The summed E-state index contributed by atoms with van der Waals surface area (Å²) in [6.45, 7) is 1.86. The number of likely N-dealkylation sites (N-methyl/N-ethyl adjacent to an activating group) is 1. The Hall–Kier alpha value is -4.20. The lowest BCUT2D eigenvalue weighted by atomic mass is 10.0. The quantitative estimate of drug-likeness (QED) is 0.481. The van der Waals surface area contributed by atoms with E-state index in [0.29, 0.717) is 39.5 Å². The van der Waals surface area contributed by atoms with Gasteiger partial charge in [0.15, 0.2) is 6.10 Å². The van der Waals surface area contributed by atoms with Gasteiger partial charge in [-0.2, -0.15) is 0 Å². The number of benzene rings is 2. The zero-order valence-corrected chi connectivity index (χ0v) is 18.5. The first-order valence-corrected chi connectivity index (χ1v) is 10.5. The first-order chi connectivity index (χ1) is 15.9. The lowest BCUT2D eigenvalue weighted by molar-refractivity contribution is -0.135. The third-order valence-corrected chi connectivity index (χ3v) is 5.65. The molecule has 0 N–H and O–H groups in total. The van der Waals surface area contributed by atoms with Gasteiger partial charge in [-0.1, -0.05) is 47.6 Å². The predicted octanol–water partition coefficient (Wildman–Crippen LogP) is 3.69. The van der Waals surface area contributed by atoms with Crippen molar-refractivity contribution in [3.8, 4) is 17.0 Å². The van der Waals surface area contributed by atoms with Crippen molar-refractivity contribution in [2.45, 2.75) is 13.0 Å². The number of amides is 2. The van der Waals surface area contributed by atoms with Crippen molar-refractivity contribution >= 4 is 28.6 Å². The SMILES string of the molecule is Cc1noc2nc(-c3ccccc3)cc(C(=O)N3C[C@H](C(=O)N(C)C)Oc4ccccc43)c12. The van der Waals surface area contributed by atoms with Crippen LogP contribution in [0, 0.1) is 6.92 Å². The monoisotopic (exact) mass is 442 g/mol. The predicted molar refractivity (Wildman–Crippen MR) is 123 cm³/mol. The van der Waals surface area contributed by atoms with Crippen LogP contribution < -0.4 is 9.64 Å². The van der Waals surface area contributed by atoms with E-state index in [1.54, 1.807) is 44.1 Å². The topological polar surface area (TPSA) is 88.8 Å². The summed E-state index contributed by atoms with van der Waals surface area (Å²) in [6, 6.07) is 18.5. The number of rotatable bonds is 3. The normalized spacial score (nSPS) is 15.1. The van der Waals surface area contributed by atoms with Crippen molar-refractivity contribution < 1.29 is 18.8 Å². The molecular weight excluding hydrogens is 420 g/mol. The van der Waals surface area contributed by atoms with Crippen LogP contribution in [-0.2, 0) is 4.79 Å². The van der Waals surface area contributed by atoms with Gasteiger partial charge in [0, 0.05) is 19.7 Å². The first kappa shape index (κ1) is 20.7. The number of ether oxygens (including phenoxy) is 1. The molecule has 0 saturated heterocycles. The van der Waals surface area contributed by atoms with Crippen LogP contribution in [0.4, 0.5) is 5.69 Å². The van der Waals surface area contributed by atoms with Crippen LogP contribution in [0.2, 0.25) is 0 Å². The molecule has 8 heteroatoms. The molecule has 0 aliphatic carbocycles. The number of para-hydroxylation sites is 2. The van der Waals surface area contributed by atoms with Crippen LogP contribution in [0.1, 0.15) is 16.1 Å². The van der Waals surface area contributed by atoms with E-state index in [0.717, 1.165) is 5.56 Å². The Morgan fingerprint density at radius 1 is 1.06 bits per heavy atom. The number of hydrogen-bond acceptors (Lipinski definition) is 6. The maximum absolute atomic E-state index is 14.0. The minimum atomic E-state index is -0.812. The fourth-order valence-electron chi connectivity index (χ4n) is 4.01. The van der Waals surface area contributed by atoms with Crippen molar-refractivity contribution in [1.82, 2.24) is 15.0 Å². The smallest absolute Gasteiger partial charge is 0.265 e. The average Bonchev–Trinajstić information content (AvgIpc) is 3.23. The summed E-state index contributed by atoms with van der Waals surface area (Å²) in [5.41, 5.74) is 3.33. The minimum absolute atomic E-state index is 0.0850. The summed E-state index contributed by atoms with van der Waals surface area (Å²) in [5, 5.41) is 4.59. The van der Waals surface area contributed by atoms with Crippen LogP contribution in [0.15, 0.2) is 65.2 Å². The lowest BCUT2D eigenvalue weighted by Gasteiger charge is -2.35. The maximum atomic E-state index is 14.0. The molecule has 0 fully saturated rings. The van der Waals surface area contributed by atoms with Crippen LogP contribution in [0.3, 0.4) is 0 Å². The molecule has 2 aromatic heterocycles. The number of carbonyl (C=O) groups is 2. The Bertz CT molecular complexity index is 1360. The zero-order chi connectivity index (χ0) is 23.1. The number of fused-ring (bicyclic) bond motifs is 2. The Morgan fingerprint density at radius 3 is 2.55 bits per heavy atom. The molecule has 2 aromatic carbocycles. The van der Waals surface area contributed by atoms with Crippen molar-refractivity contribution in [3.05, 3.63) is 71.9 Å². The van der Waals surface area contributed by atoms with Gasteiger partial charge in [0.2, 0.25) is 0 Å². The molecule has 1 aliphatic heterocycles. The lowest BCUT2D eigenvalue weighted by Crippen LogP contribution is -2.50. The van der Waals surface area contributed by atoms with Crippen molar-refractivity contribution in [3.63, 3.8) is 0 Å². The van der Waals surface area contributed by atoms with Gasteiger partial charge in [-0.25, -0.2) is 4.98 Å². The van der Waals surface area contributed by atoms with Crippen LogP contribution >= 0.6 is 0 Å². The van der Waals surface area contributed by atoms with Gasteiger partial charge in [0.25, 0.3) is 17.5 Å². The Labute approximate surface area is 190 Å². The van der Waals surface area contributed by atoms with E-state index in [1.807, 2.05) is 42.5 Å². The summed E-state index contributed by atoms with van der Waals surface area (Å²) in [7, 11) is 3.33. The number of pyridine rings is 1. The molecule has 1 atom stereocenters. The van der Waals surface area contributed by atoms with E-state index in [9.17, 15) is 9.59 Å². The number of hydrogen-bond donors (Lipinski definition) is 0. The molecule has 166 valence electrons. The fraction of sp³-hybridized carbons (Fsp3) is 0.200. The number of aromatic nitrogens is 2. The molecule has 0 spiro atoms. The van der Waals surface area contributed by atoms with Crippen molar-refractivity contribution in [2.75, 3.05) is 25.5 Å². The number of carbonyl (C=O) groups excluding carboxylic acids is 2. The summed E-state index contributed by atoms with van der Waals surface area (Å²) in [5.74, 6) is -0.0144. The summed E-state index contributed by atoms with van der Waals surface area (Å²) in [4.78, 5) is 34.3. The Kier molecular flexibility index (Phi) is 5.05. The van der Waals surface area contributed by atoms with Crippen LogP contribution in [-0.4, -0.2) is 53.6 Å².